The lowest BCUT2D eigenvalue weighted by molar-refractivity contribution is -0.123. The summed E-state index contributed by atoms with van der Waals surface area (Å²) in [5.41, 5.74) is 0.230. The Morgan fingerprint density at radius 1 is 1.42 bits per heavy atom. The maximum Gasteiger partial charge on any atom is 0.264 e. The third-order valence-corrected chi connectivity index (χ3v) is 7.16. The molecule has 144 valence electrons. The lowest BCUT2D eigenvalue weighted by atomic mass is 9.96. The van der Waals surface area contributed by atoms with Gasteiger partial charge in [-0.1, -0.05) is 26.8 Å². The smallest absolute Gasteiger partial charge is 0.264 e. The highest BCUT2D eigenvalue weighted by atomic mass is 32.2. The molecule has 26 heavy (non-hydrogen) atoms. The van der Waals surface area contributed by atoms with Crippen LogP contribution in [-0.4, -0.2) is 49.2 Å². The van der Waals surface area contributed by atoms with E-state index in [9.17, 15) is 18.0 Å². The number of amides is 2. The molecule has 1 aliphatic heterocycles. The molecule has 0 saturated carbocycles. The van der Waals surface area contributed by atoms with Crippen LogP contribution in [0, 0.1) is 12.3 Å². The number of carbonyl (C=O) groups is 2. The second-order valence-corrected chi connectivity index (χ2v) is 10.9. The first kappa shape index (κ1) is 20.6. The number of carbonyl (C=O) groups excluding carboxylic acids is 2. The van der Waals surface area contributed by atoms with Crippen molar-refractivity contribution >= 4 is 38.0 Å². The van der Waals surface area contributed by atoms with Crippen LogP contribution in [0.15, 0.2) is 18.7 Å². The summed E-state index contributed by atoms with van der Waals surface area (Å²) in [6.45, 7) is 11.2. The van der Waals surface area contributed by atoms with Gasteiger partial charge in [-0.25, -0.2) is 8.42 Å². The lowest BCUT2D eigenvalue weighted by Gasteiger charge is -2.26. The maximum atomic E-state index is 13.0. The zero-order valence-corrected chi connectivity index (χ0v) is 17.3. The van der Waals surface area contributed by atoms with Gasteiger partial charge in [-0.05, 0) is 25.0 Å². The van der Waals surface area contributed by atoms with Crippen LogP contribution in [0.1, 0.15) is 42.4 Å². The number of hydrogen-bond acceptors (Lipinski definition) is 5. The fourth-order valence-electron chi connectivity index (χ4n) is 2.74. The van der Waals surface area contributed by atoms with E-state index in [1.54, 1.807) is 17.0 Å². The van der Waals surface area contributed by atoms with E-state index in [1.165, 1.54) is 11.3 Å². The van der Waals surface area contributed by atoms with E-state index in [-0.39, 0.29) is 29.4 Å². The number of nitrogens with zero attached hydrogens (tertiary/aromatic N) is 1. The van der Waals surface area contributed by atoms with Crippen molar-refractivity contribution in [2.24, 2.45) is 5.41 Å². The van der Waals surface area contributed by atoms with E-state index < -0.39 is 15.3 Å². The van der Waals surface area contributed by atoms with Crippen molar-refractivity contribution < 1.29 is 18.0 Å². The molecule has 2 heterocycles. The topological polar surface area (TPSA) is 83.6 Å². The Labute approximate surface area is 159 Å². The van der Waals surface area contributed by atoms with Gasteiger partial charge in [-0.2, -0.15) is 0 Å². The fraction of sp³-hybridized carbons (Fsp3) is 0.556. The zero-order valence-electron chi connectivity index (χ0n) is 15.7. The molecule has 1 saturated heterocycles. The van der Waals surface area contributed by atoms with Gasteiger partial charge in [0.1, 0.15) is 0 Å². The van der Waals surface area contributed by atoms with Gasteiger partial charge < -0.3 is 10.2 Å². The average Bonchev–Trinajstić information content (AvgIpc) is 3.05. The van der Waals surface area contributed by atoms with Crippen LogP contribution in [0.3, 0.4) is 0 Å². The molecule has 1 unspecified atom stereocenters. The monoisotopic (exact) mass is 398 g/mol. The Morgan fingerprint density at radius 2 is 2.08 bits per heavy atom. The normalized spacial score (nSPS) is 19.2. The van der Waals surface area contributed by atoms with Crippen LogP contribution in [0.2, 0.25) is 0 Å². The molecule has 0 aliphatic carbocycles. The van der Waals surface area contributed by atoms with Crippen molar-refractivity contribution in [2.75, 3.05) is 23.4 Å². The Morgan fingerprint density at radius 3 is 2.58 bits per heavy atom. The zero-order chi connectivity index (χ0) is 19.7. The molecule has 1 aromatic rings. The molecule has 1 N–H and O–H groups in total. The number of sulfone groups is 1. The fourth-order valence-corrected chi connectivity index (χ4v) is 5.50. The highest BCUT2D eigenvalue weighted by Crippen LogP contribution is 2.31. The van der Waals surface area contributed by atoms with E-state index in [0.29, 0.717) is 22.8 Å². The molecule has 1 fully saturated rings. The van der Waals surface area contributed by atoms with Crippen molar-refractivity contribution in [3.8, 4) is 0 Å². The van der Waals surface area contributed by atoms with E-state index >= 15 is 0 Å². The minimum atomic E-state index is -3.09. The summed E-state index contributed by atoms with van der Waals surface area (Å²) in [6, 6.07) is 1.44. The molecule has 2 amide bonds. The van der Waals surface area contributed by atoms with Crippen LogP contribution in [0.25, 0.3) is 0 Å². The number of rotatable bonds is 5. The minimum absolute atomic E-state index is 0.00931. The van der Waals surface area contributed by atoms with E-state index in [4.69, 9.17) is 0 Å². The first-order valence-electron chi connectivity index (χ1n) is 8.49. The Balaban J connectivity index is 2.24. The molecular formula is C18H26N2O4S2. The molecule has 0 spiro atoms. The summed E-state index contributed by atoms with van der Waals surface area (Å²) < 4.78 is 23.6. The van der Waals surface area contributed by atoms with Crippen molar-refractivity contribution in [1.82, 2.24) is 4.90 Å². The molecule has 1 atom stereocenters. The first-order valence-corrected chi connectivity index (χ1v) is 11.1. The van der Waals surface area contributed by atoms with Gasteiger partial charge >= 0.3 is 0 Å². The van der Waals surface area contributed by atoms with Crippen molar-refractivity contribution in [3.63, 3.8) is 0 Å². The van der Waals surface area contributed by atoms with Gasteiger partial charge in [0.2, 0.25) is 5.91 Å². The summed E-state index contributed by atoms with van der Waals surface area (Å²) in [7, 11) is -3.09. The molecule has 0 bridgehead atoms. The lowest BCUT2D eigenvalue weighted by Crippen LogP contribution is -2.41. The summed E-state index contributed by atoms with van der Waals surface area (Å²) in [5, 5.41) is 3.46. The largest absolute Gasteiger partial charge is 0.330 e. The molecule has 0 radical (unpaired) electrons. The highest BCUT2D eigenvalue weighted by Gasteiger charge is 2.35. The number of thiophene rings is 1. The van der Waals surface area contributed by atoms with E-state index in [0.717, 1.165) is 5.56 Å². The van der Waals surface area contributed by atoms with E-state index in [1.807, 2.05) is 27.7 Å². The Bertz CT molecular complexity index is 819. The SMILES string of the molecule is C=CCN(C(=O)c1sc(NC(=O)C(C)(C)C)cc1C)C1CCS(=O)(=O)C1. The maximum absolute atomic E-state index is 13.0. The van der Waals surface area contributed by atoms with Crippen molar-refractivity contribution in [3.05, 3.63) is 29.2 Å². The average molecular weight is 399 g/mol. The number of aryl methyl sites for hydroxylation is 1. The van der Waals surface area contributed by atoms with Crippen LogP contribution < -0.4 is 5.32 Å². The second-order valence-electron chi connectivity index (χ2n) is 7.63. The van der Waals surface area contributed by atoms with Gasteiger partial charge in [-0.3, -0.25) is 9.59 Å². The molecule has 0 aromatic carbocycles. The Hall–Kier alpha value is -1.67. The van der Waals surface area contributed by atoms with Crippen LogP contribution >= 0.6 is 11.3 Å². The summed E-state index contributed by atoms with van der Waals surface area (Å²) in [5.74, 6) is -0.243. The van der Waals surface area contributed by atoms with Crippen molar-refractivity contribution in [1.29, 1.82) is 0 Å². The van der Waals surface area contributed by atoms with Gasteiger partial charge in [-0.15, -0.1) is 17.9 Å². The van der Waals surface area contributed by atoms with Gasteiger partial charge in [0.15, 0.2) is 9.84 Å². The summed E-state index contributed by atoms with van der Waals surface area (Å²) in [6.07, 6.45) is 2.05. The summed E-state index contributed by atoms with van der Waals surface area (Å²) >= 11 is 1.22. The molecule has 2 rings (SSSR count). The molecule has 8 heteroatoms. The van der Waals surface area contributed by atoms with Gasteiger partial charge in [0.25, 0.3) is 5.91 Å². The molecule has 1 aromatic heterocycles. The van der Waals surface area contributed by atoms with Gasteiger partial charge in [0.05, 0.1) is 21.4 Å². The molecule has 1 aliphatic rings. The molecule has 6 nitrogen and oxygen atoms in total. The first-order chi connectivity index (χ1) is 11.9. The van der Waals surface area contributed by atoms with Crippen LogP contribution in [-0.2, 0) is 14.6 Å². The second kappa shape index (κ2) is 7.52. The standard InChI is InChI=1S/C18H26N2O4S2/c1-6-8-20(13-7-9-26(23,24)11-13)16(21)15-12(2)10-14(25-15)19-17(22)18(3,4)5/h6,10,13H,1,7-9,11H2,2-5H3,(H,19,22). The van der Waals surface area contributed by atoms with Gasteiger partial charge in [0, 0.05) is 18.0 Å². The van der Waals surface area contributed by atoms with Crippen molar-refractivity contribution in [2.45, 2.75) is 40.2 Å². The highest BCUT2D eigenvalue weighted by molar-refractivity contribution is 7.91. The quantitative estimate of drug-likeness (QED) is 0.773. The predicted molar refractivity (Wildman–Crippen MR) is 105 cm³/mol. The summed E-state index contributed by atoms with van der Waals surface area (Å²) in [4.78, 5) is 27.3. The third kappa shape index (κ3) is 4.73. The number of hydrogen-bond donors (Lipinski definition) is 1. The van der Waals surface area contributed by atoms with E-state index in [2.05, 4.69) is 11.9 Å². The minimum Gasteiger partial charge on any atom is -0.330 e. The molecular weight excluding hydrogens is 372 g/mol. The predicted octanol–water partition coefficient (Wildman–Crippen LogP) is 2.86. The number of nitrogens with one attached hydrogen (secondary N) is 1. The Kier molecular flexibility index (Phi) is 5.97. The van der Waals surface area contributed by atoms with Crippen LogP contribution in [0.4, 0.5) is 5.00 Å². The third-order valence-electron chi connectivity index (χ3n) is 4.27. The van der Waals surface area contributed by atoms with Crippen LogP contribution in [0.5, 0.6) is 0 Å². The number of anilines is 1.